The van der Waals surface area contributed by atoms with Gasteiger partial charge in [-0.25, -0.2) is 4.98 Å². The highest BCUT2D eigenvalue weighted by molar-refractivity contribution is 7.99. The molecule has 1 aromatic heterocycles. The summed E-state index contributed by atoms with van der Waals surface area (Å²) < 4.78 is 5.95. The molecule has 1 aliphatic carbocycles. The molecule has 0 spiro atoms. The number of anilines is 1. The molecular weight excluding hydrogens is 490 g/mol. The minimum Gasteiger partial charge on any atom is -0.481 e. The van der Waals surface area contributed by atoms with E-state index in [1.54, 1.807) is 7.11 Å². The molecule has 3 atom stereocenters. The summed E-state index contributed by atoms with van der Waals surface area (Å²) in [5, 5.41) is 13.7. The molecule has 0 saturated carbocycles. The van der Waals surface area contributed by atoms with Crippen LogP contribution >= 0.6 is 11.8 Å². The lowest BCUT2D eigenvalue weighted by molar-refractivity contribution is 0.131. The van der Waals surface area contributed by atoms with Crippen molar-refractivity contribution in [2.24, 2.45) is 0 Å². The normalized spacial score (nSPS) is 22.3. The third-order valence-corrected chi connectivity index (χ3v) is 9.01. The number of methoxy groups -OCH3 is 1. The van der Waals surface area contributed by atoms with Crippen LogP contribution in [0.3, 0.4) is 0 Å². The Kier molecular flexibility index (Phi) is 8.01. The van der Waals surface area contributed by atoms with Crippen molar-refractivity contribution in [3.8, 4) is 5.88 Å². The Bertz CT molecular complexity index is 1330. The first kappa shape index (κ1) is 26.6. The molecule has 5 rings (SSSR count). The number of fused-ring (bicyclic) bond motifs is 1. The smallest absolute Gasteiger partial charge is 0.217 e. The van der Waals surface area contributed by atoms with E-state index >= 15 is 0 Å². The number of aliphatic hydroxyl groups is 1. The number of hydrogen-bond donors (Lipinski definition) is 1. The minimum absolute atomic E-state index is 0.0277. The van der Waals surface area contributed by atoms with Crippen molar-refractivity contribution >= 4 is 28.2 Å². The van der Waals surface area contributed by atoms with E-state index in [0.717, 1.165) is 41.5 Å². The predicted molar refractivity (Wildman–Crippen MR) is 161 cm³/mol. The monoisotopic (exact) mass is 529 g/mol. The summed E-state index contributed by atoms with van der Waals surface area (Å²) >= 11 is 2.00. The molecular formula is C32H39N3O2S. The third kappa shape index (κ3) is 5.04. The highest BCUT2D eigenvalue weighted by Crippen LogP contribution is 2.52. The van der Waals surface area contributed by atoms with Crippen molar-refractivity contribution in [1.82, 2.24) is 9.88 Å². The first-order valence-electron chi connectivity index (χ1n) is 13.6. The predicted octanol–water partition coefficient (Wildman–Crippen LogP) is 5.99. The van der Waals surface area contributed by atoms with Crippen molar-refractivity contribution in [1.29, 1.82) is 0 Å². The zero-order valence-corrected chi connectivity index (χ0v) is 23.7. The highest BCUT2D eigenvalue weighted by Gasteiger charge is 2.44. The zero-order valence-electron chi connectivity index (χ0n) is 22.9. The Morgan fingerprint density at radius 1 is 1.16 bits per heavy atom. The topological polar surface area (TPSA) is 48.8 Å². The van der Waals surface area contributed by atoms with E-state index in [2.05, 4.69) is 97.6 Å². The molecule has 1 saturated heterocycles. The summed E-state index contributed by atoms with van der Waals surface area (Å²) in [5.74, 6) is 2.84. The van der Waals surface area contributed by atoms with Crippen molar-refractivity contribution in [3.63, 3.8) is 0 Å². The number of aromatic nitrogens is 1. The Morgan fingerprint density at radius 2 is 1.92 bits per heavy atom. The van der Waals surface area contributed by atoms with Crippen LogP contribution in [0.2, 0.25) is 0 Å². The van der Waals surface area contributed by atoms with Crippen LogP contribution in [-0.2, 0) is 5.41 Å². The molecule has 2 heterocycles. The number of ether oxygens (including phenoxy) is 1. The fraction of sp³-hybridized carbons (Fsp3) is 0.406. The van der Waals surface area contributed by atoms with Crippen molar-refractivity contribution < 1.29 is 9.84 Å². The molecule has 5 nitrogen and oxygen atoms in total. The number of allylic oxidation sites excluding steroid dienone is 3. The number of thioether (sulfide) groups is 1. The van der Waals surface area contributed by atoms with Crippen LogP contribution in [0.4, 0.5) is 5.69 Å². The summed E-state index contributed by atoms with van der Waals surface area (Å²) in [7, 11) is 5.87. The van der Waals surface area contributed by atoms with Gasteiger partial charge in [-0.05, 0) is 41.3 Å². The summed E-state index contributed by atoms with van der Waals surface area (Å²) in [4.78, 5) is 9.44. The summed E-state index contributed by atoms with van der Waals surface area (Å²) in [5.41, 5.74) is 4.01. The van der Waals surface area contributed by atoms with Gasteiger partial charge < -0.3 is 19.6 Å². The fourth-order valence-corrected chi connectivity index (χ4v) is 6.83. The van der Waals surface area contributed by atoms with Gasteiger partial charge in [0.25, 0.3) is 0 Å². The van der Waals surface area contributed by atoms with Gasteiger partial charge in [-0.2, -0.15) is 11.8 Å². The van der Waals surface area contributed by atoms with Crippen LogP contribution in [0.15, 0.2) is 78.7 Å². The fourth-order valence-electron chi connectivity index (χ4n) is 5.93. The molecule has 1 aliphatic heterocycles. The van der Waals surface area contributed by atoms with Crippen LogP contribution in [-0.4, -0.2) is 66.9 Å². The van der Waals surface area contributed by atoms with Gasteiger partial charge in [-0.3, -0.25) is 0 Å². The lowest BCUT2D eigenvalue weighted by atomic mass is 9.62. The van der Waals surface area contributed by atoms with Gasteiger partial charge in [0.2, 0.25) is 5.88 Å². The van der Waals surface area contributed by atoms with Crippen molar-refractivity contribution in [2.45, 2.75) is 37.2 Å². The second kappa shape index (κ2) is 11.4. The SMILES string of the molecule is CCC(O)CC1(c2cc(N3CCSCC3)cnc2OC)C=CC(N(C)C)=CC1c1cccc2ccccc12. The molecule has 2 aromatic carbocycles. The first-order chi connectivity index (χ1) is 18.5. The van der Waals surface area contributed by atoms with Gasteiger partial charge in [-0.1, -0.05) is 61.5 Å². The molecule has 6 heteroatoms. The van der Waals surface area contributed by atoms with Crippen LogP contribution in [0.25, 0.3) is 10.8 Å². The van der Waals surface area contributed by atoms with Crippen LogP contribution in [0, 0.1) is 0 Å². The van der Waals surface area contributed by atoms with E-state index in [-0.39, 0.29) is 5.92 Å². The molecule has 0 amide bonds. The highest BCUT2D eigenvalue weighted by atomic mass is 32.2. The Labute approximate surface area is 231 Å². The molecule has 2 aliphatic rings. The van der Waals surface area contributed by atoms with Gasteiger partial charge in [0.15, 0.2) is 0 Å². The Balaban J connectivity index is 1.77. The second-order valence-corrected chi connectivity index (χ2v) is 11.7. The largest absolute Gasteiger partial charge is 0.481 e. The maximum absolute atomic E-state index is 11.2. The lowest BCUT2D eigenvalue weighted by Gasteiger charge is -2.43. The van der Waals surface area contributed by atoms with Gasteiger partial charge in [0.05, 0.1) is 25.1 Å². The molecule has 200 valence electrons. The number of nitrogens with zero attached hydrogens (tertiary/aromatic N) is 3. The number of likely N-dealkylation sites (N-methyl/N-ethyl adjacent to an activating group) is 1. The standard InChI is InChI=1S/C32H39N3O2S/c1-5-26(36)21-32(30-20-25(22-33-31(30)37-4)35-15-17-38-18-16-35)14-13-24(34(2)3)19-29(32)28-12-8-10-23-9-6-7-11-27(23)28/h6-14,19-20,22,26,29,36H,5,15-18,21H2,1-4H3. The quantitative estimate of drug-likeness (QED) is 0.387. The maximum Gasteiger partial charge on any atom is 0.217 e. The summed E-state index contributed by atoms with van der Waals surface area (Å²) in [6, 6.07) is 17.4. The van der Waals surface area contributed by atoms with E-state index < -0.39 is 11.5 Å². The lowest BCUT2D eigenvalue weighted by Crippen LogP contribution is -2.39. The molecule has 38 heavy (non-hydrogen) atoms. The van der Waals surface area contributed by atoms with E-state index in [4.69, 9.17) is 9.72 Å². The maximum atomic E-state index is 11.2. The van der Waals surface area contributed by atoms with E-state index in [0.29, 0.717) is 18.7 Å². The minimum atomic E-state index is -0.544. The number of rotatable bonds is 8. The van der Waals surface area contributed by atoms with E-state index in [1.165, 1.54) is 16.3 Å². The van der Waals surface area contributed by atoms with Crippen molar-refractivity contribution in [3.05, 3.63) is 89.8 Å². The average molecular weight is 530 g/mol. The number of benzene rings is 2. The number of aliphatic hydroxyl groups excluding tert-OH is 1. The van der Waals surface area contributed by atoms with Crippen LogP contribution in [0.5, 0.6) is 5.88 Å². The third-order valence-electron chi connectivity index (χ3n) is 8.07. The van der Waals surface area contributed by atoms with Gasteiger partial charge in [0.1, 0.15) is 0 Å². The molecule has 3 aromatic rings. The second-order valence-electron chi connectivity index (χ2n) is 10.5. The van der Waals surface area contributed by atoms with E-state index in [1.807, 2.05) is 18.0 Å². The zero-order chi connectivity index (χ0) is 26.7. The molecule has 3 unspecified atom stereocenters. The van der Waals surface area contributed by atoms with Gasteiger partial charge in [0, 0.05) is 61.3 Å². The van der Waals surface area contributed by atoms with Crippen LogP contribution < -0.4 is 9.64 Å². The molecule has 1 N–H and O–H groups in total. The van der Waals surface area contributed by atoms with Crippen molar-refractivity contribution in [2.75, 3.05) is 50.7 Å². The Morgan fingerprint density at radius 3 is 2.66 bits per heavy atom. The molecule has 0 bridgehead atoms. The first-order valence-corrected chi connectivity index (χ1v) is 14.7. The molecule has 0 radical (unpaired) electrons. The van der Waals surface area contributed by atoms with Gasteiger partial charge >= 0.3 is 0 Å². The van der Waals surface area contributed by atoms with Crippen LogP contribution in [0.1, 0.15) is 36.8 Å². The number of pyridine rings is 1. The average Bonchev–Trinajstić information content (AvgIpc) is 2.97. The molecule has 1 fully saturated rings. The Hall–Kier alpha value is -2.96. The number of hydrogen-bond acceptors (Lipinski definition) is 6. The summed E-state index contributed by atoms with van der Waals surface area (Å²) in [6.07, 6.45) is 9.61. The summed E-state index contributed by atoms with van der Waals surface area (Å²) in [6.45, 7) is 4.07. The van der Waals surface area contributed by atoms with Gasteiger partial charge in [-0.15, -0.1) is 0 Å². The van der Waals surface area contributed by atoms with E-state index in [9.17, 15) is 5.11 Å².